The van der Waals surface area contributed by atoms with Crippen LogP contribution in [0.25, 0.3) is 0 Å². The SMILES string of the molecule is N#Cc1ccc(N2CCN(C(=O)C3CCC3)C(C(=O)NC3CC3)C2)cc1C(F)(F)F. The van der Waals surface area contributed by atoms with E-state index in [9.17, 15) is 22.8 Å². The van der Waals surface area contributed by atoms with E-state index in [-0.39, 0.29) is 36.9 Å². The minimum absolute atomic E-state index is 0.0346. The van der Waals surface area contributed by atoms with Gasteiger partial charge in [-0.25, -0.2) is 0 Å². The Morgan fingerprint density at radius 2 is 1.87 bits per heavy atom. The number of alkyl halides is 3. The van der Waals surface area contributed by atoms with Gasteiger partial charge in [-0.2, -0.15) is 18.4 Å². The van der Waals surface area contributed by atoms with Gasteiger partial charge in [0.2, 0.25) is 11.8 Å². The molecule has 1 unspecified atom stereocenters. The van der Waals surface area contributed by atoms with Crippen LogP contribution in [-0.2, 0) is 15.8 Å². The van der Waals surface area contributed by atoms with Crippen molar-refractivity contribution in [1.82, 2.24) is 10.2 Å². The summed E-state index contributed by atoms with van der Waals surface area (Å²) in [6.45, 7) is 0.731. The third-order valence-corrected chi connectivity index (χ3v) is 6.14. The third kappa shape index (κ3) is 4.09. The second kappa shape index (κ2) is 7.82. The van der Waals surface area contributed by atoms with Gasteiger partial charge in [0.1, 0.15) is 6.04 Å². The van der Waals surface area contributed by atoms with Gasteiger partial charge in [-0.1, -0.05) is 6.42 Å². The number of nitrogens with zero attached hydrogens (tertiary/aromatic N) is 3. The second-order valence-corrected chi connectivity index (χ2v) is 8.24. The fourth-order valence-electron chi connectivity index (χ4n) is 3.98. The first-order chi connectivity index (χ1) is 14.3. The van der Waals surface area contributed by atoms with Gasteiger partial charge in [0.15, 0.2) is 0 Å². The Morgan fingerprint density at radius 3 is 2.43 bits per heavy atom. The number of nitriles is 1. The van der Waals surface area contributed by atoms with Gasteiger partial charge in [0.25, 0.3) is 0 Å². The molecule has 160 valence electrons. The van der Waals surface area contributed by atoms with Crippen LogP contribution in [0.3, 0.4) is 0 Å². The normalized spacial score (nSPS) is 22.3. The molecule has 3 fully saturated rings. The van der Waals surface area contributed by atoms with Crippen LogP contribution in [0.5, 0.6) is 0 Å². The lowest BCUT2D eigenvalue weighted by Crippen LogP contribution is -2.62. The number of anilines is 1. The number of carbonyl (C=O) groups excluding carboxylic acids is 2. The van der Waals surface area contributed by atoms with E-state index in [4.69, 9.17) is 5.26 Å². The van der Waals surface area contributed by atoms with E-state index in [2.05, 4.69) is 5.32 Å². The van der Waals surface area contributed by atoms with Crippen LogP contribution in [0.4, 0.5) is 18.9 Å². The highest BCUT2D eigenvalue weighted by molar-refractivity contribution is 5.90. The molecule has 30 heavy (non-hydrogen) atoms. The Bertz CT molecular complexity index is 887. The van der Waals surface area contributed by atoms with Crippen molar-refractivity contribution < 1.29 is 22.8 Å². The highest BCUT2D eigenvalue weighted by Crippen LogP contribution is 2.35. The maximum atomic E-state index is 13.4. The zero-order valence-electron chi connectivity index (χ0n) is 16.4. The van der Waals surface area contributed by atoms with E-state index in [1.165, 1.54) is 6.07 Å². The van der Waals surface area contributed by atoms with Crippen LogP contribution in [-0.4, -0.2) is 48.4 Å². The summed E-state index contributed by atoms with van der Waals surface area (Å²) in [5.74, 6) is -0.341. The van der Waals surface area contributed by atoms with Crippen LogP contribution in [0.1, 0.15) is 43.2 Å². The summed E-state index contributed by atoms with van der Waals surface area (Å²) in [4.78, 5) is 29.0. The first kappa shape index (κ1) is 20.5. The number of carbonyl (C=O) groups is 2. The molecule has 0 bridgehead atoms. The molecule has 4 rings (SSSR count). The highest BCUT2D eigenvalue weighted by Gasteiger charge is 2.41. The molecule has 1 heterocycles. The van der Waals surface area contributed by atoms with E-state index in [1.807, 2.05) is 0 Å². The molecule has 0 spiro atoms. The molecule has 2 aliphatic carbocycles. The molecular weight excluding hydrogens is 397 g/mol. The summed E-state index contributed by atoms with van der Waals surface area (Å²) in [5, 5.41) is 11.9. The number of benzene rings is 1. The number of hydrogen-bond acceptors (Lipinski definition) is 4. The number of halogens is 3. The van der Waals surface area contributed by atoms with Crippen LogP contribution in [0, 0.1) is 17.2 Å². The first-order valence-electron chi connectivity index (χ1n) is 10.2. The van der Waals surface area contributed by atoms with Gasteiger partial charge >= 0.3 is 6.18 Å². The summed E-state index contributed by atoms with van der Waals surface area (Å²) < 4.78 is 40.1. The number of hydrogen-bond donors (Lipinski definition) is 1. The van der Waals surface area contributed by atoms with Gasteiger partial charge in [-0.3, -0.25) is 9.59 Å². The molecule has 1 saturated heterocycles. The van der Waals surface area contributed by atoms with Gasteiger partial charge in [0, 0.05) is 37.3 Å². The summed E-state index contributed by atoms with van der Waals surface area (Å²) in [6.07, 6.45) is -0.194. The Balaban J connectivity index is 1.58. The van der Waals surface area contributed by atoms with Crippen LogP contribution < -0.4 is 10.2 Å². The Hall–Kier alpha value is -2.76. The summed E-state index contributed by atoms with van der Waals surface area (Å²) >= 11 is 0. The molecular formula is C21H23F3N4O2. The van der Waals surface area contributed by atoms with Gasteiger partial charge in [-0.05, 0) is 43.9 Å². The maximum absolute atomic E-state index is 13.4. The van der Waals surface area contributed by atoms with E-state index in [1.54, 1.807) is 15.9 Å². The van der Waals surface area contributed by atoms with Crippen molar-refractivity contribution in [3.63, 3.8) is 0 Å². The smallest absolute Gasteiger partial charge is 0.367 e. The fourth-order valence-corrected chi connectivity index (χ4v) is 3.98. The molecule has 6 nitrogen and oxygen atoms in total. The van der Waals surface area contributed by atoms with Crippen molar-refractivity contribution in [3.8, 4) is 6.07 Å². The lowest BCUT2D eigenvalue weighted by molar-refractivity contribution is -0.146. The van der Waals surface area contributed by atoms with Gasteiger partial charge in [-0.15, -0.1) is 0 Å². The average molecular weight is 420 g/mol. The number of piperazine rings is 1. The van der Waals surface area contributed by atoms with Crippen molar-refractivity contribution in [3.05, 3.63) is 29.3 Å². The summed E-state index contributed by atoms with van der Waals surface area (Å²) in [5.41, 5.74) is -1.14. The van der Waals surface area contributed by atoms with E-state index < -0.39 is 23.3 Å². The Labute approximate surface area is 172 Å². The summed E-state index contributed by atoms with van der Waals surface area (Å²) in [7, 11) is 0. The van der Waals surface area contributed by atoms with Gasteiger partial charge < -0.3 is 15.1 Å². The fraction of sp³-hybridized carbons (Fsp3) is 0.571. The average Bonchev–Trinajstić information content (AvgIpc) is 3.49. The van der Waals surface area contributed by atoms with Crippen molar-refractivity contribution in [2.24, 2.45) is 5.92 Å². The molecule has 1 aromatic rings. The topological polar surface area (TPSA) is 76.4 Å². The lowest BCUT2D eigenvalue weighted by Gasteiger charge is -2.44. The van der Waals surface area contributed by atoms with Crippen molar-refractivity contribution in [2.75, 3.05) is 24.5 Å². The van der Waals surface area contributed by atoms with Crippen molar-refractivity contribution in [2.45, 2.75) is 50.4 Å². The quantitative estimate of drug-likeness (QED) is 0.813. The van der Waals surface area contributed by atoms with E-state index in [0.29, 0.717) is 12.2 Å². The van der Waals surface area contributed by atoms with Crippen molar-refractivity contribution in [1.29, 1.82) is 5.26 Å². The molecule has 9 heteroatoms. The maximum Gasteiger partial charge on any atom is 0.417 e. The van der Waals surface area contributed by atoms with Gasteiger partial charge in [0.05, 0.1) is 17.2 Å². The second-order valence-electron chi connectivity index (χ2n) is 8.24. The molecule has 1 atom stereocenters. The Morgan fingerprint density at radius 1 is 1.13 bits per heavy atom. The standard InChI is InChI=1S/C21H23F3N4O2/c22-21(23,24)17-10-16(7-4-14(17)11-25)27-8-9-28(20(30)13-2-1-3-13)18(12-27)19(29)26-15-5-6-15/h4,7,10,13,15,18H,1-3,5-6,8-9,12H2,(H,26,29). The number of nitrogens with one attached hydrogen (secondary N) is 1. The van der Waals surface area contributed by atoms with E-state index >= 15 is 0 Å². The number of amides is 2. The minimum Gasteiger partial charge on any atom is -0.367 e. The van der Waals surface area contributed by atoms with Crippen LogP contribution in [0.15, 0.2) is 18.2 Å². The third-order valence-electron chi connectivity index (χ3n) is 6.14. The minimum atomic E-state index is -4.65. The zero-order valence-corrected chi connectivity index (χ0v) is 16.4. The largest absolute Gasteiger partial charge is 0.417 e. The molecule has 1 aromatic carbocycles. The van der Waals surface area contributed by atoms with E-state index in [0.717, 1.165) is 44.2 Å². The van der Waals surface area contributed by atoms with Crippen LogP contribution in [0.2, 0.25) is 0 Å². The van der Waals surface area contributed by atoms with Crippen molar-refractivity contribution >= 4 is 17.5 Å². The molecule has 3 aliphatic rings. The predicted octanol–water partition coefficient (Wildman–Crippen LogP) is 2.67. The molecule has 2 amide bonds. The van der Waals surface area contributed by atoms with Crippen LogP contribution >= 0.6 is 0 Å². The molecule has 0 radical (unpaired) electrons. The monoisotopic (exact) mass is 420 g/mol. The zero-order chi connectivity index (χ0) is 21.5. The Kier molecular flexibility index (Phi) is 5.35. The molecule has 0 aromatic heterocycles. The molecule has 1 aliphatic heterocycles. The molecule has 2 saturated carbocycles. The first-order valence-corrected chi connectivity index (χ1v) is 10.2. The lowest BCUT2D eigenvalue weighted by atomic mass is 9.84. The number of rotatable bonds is 4. The molecule has 1 N–H and O–H groups in total. The highest BCUT2D eigenvalue weighted by atomic mass is 19.4. The predicted molar refractivity (Wildman–Crippen MR) is 102 cm³/mol. The summed E-state index contributed by atoms with van der Waals surface area (Å²) in [6, 6.07) is 4.54.